The van der Waals surface area contributed by atoms with Crippen molar-refractivity contribution in [2.45, 2.75) is 13.0 Å². The van der Waals surface area contributed by atoms with Crippen LogP contribution in [-0.4, -0.2) is 27.0 Å². The molecule has 1 N–H and O–H groups in total. The van der Waals surface area contributed by atoms with Gasteiger partial charge in [-0.1, -0.05) is 54.6 Å². The van der Waals surface area contributed by atoms with Gasteiger partial charge in [0.25, 0.3) is 5.91 Å². The van der Waals surface area contributed by atoms with Gasteiger partial charge >= 0.3 is 0 Å². The van der Waals surface area contributed by atoms with E-state index in [9.17, 15) is 4.79 Å². The van der Waals surface area contributed by atoms with E-state index in [1.165, 1.54) is 16.3 Å². The molecule has 0 spiro atoms. The molecule has 5 heteroatoms. The molecule has 5 aromatic rings. The molecule has 1 amide bonds. The highest BCUT2D eigenvalue weighted by Crippen LogP contribution is 2.23. The van der Waals surface area contributed by atoms with Gasteiger partial charge in [0.05, 0.1) is 11.0 Å². The summed E-state index contributed by atoms with van der Waals surface area (Å²) in [4.78, 5) is 21.2. The van der Waals surface area contributed by atoms with Gasteiger partial charge in [0.2, 0.25) is 0 Å². The Morgan fingerprint density at radius 2 is 1.65 bits per heavy atom. The maximum atomic E-state index is 12.4. The number of benzene rings is 3. The van der Waals surface area contributed by atoms with Crippen LogP contribution >= 0.6 is 0 Å². The highest BCUT2D eigenvalue weighted by atomic mass is 16.1. The normalized spacial score (nSPS) is 11.1. The van der Waals surface area contributed by atoms with E-state index < -0.39 is 0 Å². The summed E-state index contributed by atoms with van der Waals surface area (Å²) in [5, 5.41) is 5.47. The Balaban J connectivity index is 1.42. The van der Waals surface area contributed by atoms with Crippen LogP contribution in [0.3, 0.4) is 0 Å². The van der Waals surface area contributed by atoms with Crippen molar-refractivity contribution in [3.63, 3.8) is 0 Å². The lowest BCUT2D eigenvalue weighted by Gasteiger charge is -2.12. The minimum absolute atomic E-state index is 0.0980. The molecule has 0 unspecified atom stereocenters. The summed E-state index contributed by atoms with van der Waals surface area (Å²) in [6.07, 6.45) is 3.90. The number of aromatic nitrogens is 3. The van der Waals surface area contributed by atoms with E-state index in [4.69, 9.17) is 4.98 Å². The number of carbonyl (C=O) groups is 1. The lowest BCUT2D eigenvalue weighted by atomic mass is 10.0. The van der Waals surface area contributed by atoms with Crippen molar-refractivity contribution in [3.8, 4) is 0 Å². The second-order valence-electron chi connectivity index (χ2n) is 7.48. The molecule has 0 aliphatic heterocycles. The predicted molar refractivity (Wildman–Crippen MR) is 123 cm³/mol. The molecule has 0 aliphatic rings. The second kappa shape index (κ2) is 8.40. The second-order valence-corrected chi connectivity index (χ2v) is 7.48. The average molecular weight is 406 g/mol. The number of imidazole rings is 1. The quantitative estimate of drug-likeness (QED) is 0.448. The molecule has 0 saturated carbocycles. The summed E-state index contributed by atoms with van der Waals surface area (Å²) >= 11 is 0. The number of hydrogen-bond donors (Lipinski definition) is 1. The Kier molecular flexibility index (Phi) is 5.15. The standard InChI is InChI=1S/C26H22N4O/c31-26(20-12-15-27-16-13-20)28-17-14-25-29-23-10-3-4-11-24(23)30(25)18-21-8-5-7-19-6-1-2-9-22(19)21/h1-13,15-16H,14,17-18H2,(H,28,31). The number of hydrogen-bond acceptors (Lipinski definition) is 3. The monoisotopic (exact) mass is 406 g/mol. The van der Waals surface area contributed by atoms with Gasteiger partial charge in [0.15, 0.2) is 0 Å². The average Bonchev–Trinajstić information content (AvgIpc) is 3.17. The summed E-state index contributed by atoms with van der Waals surface area (Å²) < 4.78 is 2.26. The van der Waals surface area contributed by atoms with E-state index in [2.05, 4.69) is 63.4 Å². The van der Waals surface area contributed by atoms with Crippen molar-refractivity contribution in [1.29, 1.82) is 0 Å². The van der Waals surface area contributed by atoms with Crippen molar-refractivity contribution in [2.75, 3.05) is 6.54 Å². The number of fused-ring (bicyclic) bond motifs is 2. The van der Waals surface area contributed by atoms with E-state index >= 15 is 0 Å². The molecule has 0 saturated heterocycles. The largest absolute Gasteiger partial charge is 0.352 e. The van der Waals surface area contributed by atoms with Crippen LogP contribution in [0.25, 0.3) is 21.8 Å². The zero-order valence-corrected chi connectivity index (χ0v) is 17.0. The highest BCUT2D eigenvalue weighted by molar-refractivity contribution is 5.94. The smallest absolute Gasteiger partial charge is 0.251 e. The summed E-state index contributed by atoms with van der Waals surface area (Å²) in [5.74, 6) is 0.864. The van der Waals surface area contributed by atoms with Crippen molar-refractivity contribution >= 4 is 27.7 Å². The Morgan fingerprint density at radius 1 is 0.871 bits per heavy atom. The zero-order valence-electron chi connectivity index (χ0n) is 17.0. The number of para-hydroxylation sites is 2. The maximum absolute atomic E-state index is 12.4. The molecular weight excluding hydrogens is 384 g/mol. The van der Waals surface area contributed by atoms with Gasteiger partial charge in [0, 0.05) is 37.5 Å². The molecule has 0 fully saturated rings. The van der Waals surface area contributed by atoms with Crippen molar-refractivity contribution < 1.29 is 4.79 Å². The molecule has 152 valence electrons. The number of nitrogens with zero attached hydrogens (tertiary/aromatic N) is 3. The number of amides is 1. The first-order chi connectivity index (χ1) is 15.3. The molecule has 5 nitrogen and oxygen atoms in total. The van der Waals surface area contributed by atoms with Crippen LogP contribution in [-0.2, 0) is 13.0 Å². The first kappa shape index (κ1) is 19.0. The summed E-state index contributed by atoms with van der Waals surface area (Å²) in [6.45, 7) is 1.25. The number of rotatable bonds is 6. The molecule has 3 aromatic carbocycles. The third kappa shape index (κ3) is 3.90. The first-order valence-electron chi connectivity index (χ1n) is 10.4. The fourth-order valence-electron chi connectivity index (χ4n) is 3.99. The lowest BCUT2D eigenvalue weighted by Crippen LogP contribution is -2.26. The maximum Gasteiger partial charge on any atom is 0.251 e. The van der Waals surface area contributed by atoms with Gasteiger partial charge in [-0.3, -0.25) is 9.78 Å². The summed E-state index contributed by atoms with van der Waals surface area (Å²) in [5.41, 5.74) is 3.94. The fourth-order valence-corrected chi connectivity index (χ4v) is 3.99. The first-order valence-corrected chi connectivity index (χ1v) is 10.4. The van der Waals surface area contributed by atoms with E-state index in [0.717, 1.165) is 23.4 Å². The lowest BCUT2D eigenvalue weighted by molar-refractivity contribution is 0.0954. The van der Waals surface area contributed by atoms with Gasteiger partial charge in [-0.2, -0.15) is 0 Å². The van der Waals surface area contributed by atoms with Crippen LogP contribution in [0.2, 0.25) is 0 Å². The minimum Gasteiger partial charge on any atom is -0.352 e. The Labute approximate surface area is 180 Å². The minimum atomic E-state index is -0.0980. The van der Waals surface area contributed by atoms with Gasteiger partial charge in [-0.05, 0) is 40.6 Å². The van der Waals surface area contributed by atoms with Crippen LogP contribution in [0.1, 0.15) is 21.7 Å². The van der Waals surface area contributed by atoms with Crippen molar-refractivity contribution in [2.24, 2.45) is 0 Å². The molecule has 0 radical (unpaired) electrons. The topological polar surface area (TPSA) is 59.8 Å². The Hall–Kier alpha value is -3.99. The number of nitrogens with one attached hydrogen (secondary N) is 1. The molecule has 0 aliphatic carbocycles. The van der Waals surface area contributed by atoms with Crippen LogP contribution in [0.5, 0.6) is 0 Å². The van der Waals surface area contributed by atoms with Crippen LogP contribution in [0.15, 0.2) is 91.3 Å². The van der Waals surface area contributed by atoms with Gasteiger partial charge in [0.1, 0.15) is 5.82 Å². The van der Waals surface area contributed by atoms with E-state index in [1.807, 2.05) is 18.2 Å². The van der Waals surface area contributed by atoms with Gasteiger partial charge in [-0.15, -0.1) is 0 Å². The van der Waals surface area contributed by atoms with Gasteiger partial charge < -0.3 is 9.88 Å². The van der Waals surface area contributed by atoms with Crippen LogP contribution in [0, 0.1) is 0 Å². The highest BCUT2D eigenvalue weighted by Gasteiger charge is 2.13. The van der Waals surface area contributed by atoms with Crippen LogP contribution < -0.4 is 5.32 Å². The molecule has 0 atom stereocenters. The molecule has 2 aromatic heterocycles. The Bertz CT molecular complexity index is 1350. The van der Waals surface area contributed by atoms with E-state index in [-0.39, 0.29) is 5.91 Å². The Morgan fingerprint density at radius 3 is 2.55 bits per heavy atom. The van der Waals surface area contributed by atoms with Gasteiger partial charge in [-0.25, -0.2) is 4.98 Å². The SMILES string of the molecule is O=C(NCCc1nc2ccccc2n1Cc1cccc2ccccc12)c1ccncc1. The number of carbonyl (C=O) groups excluding carboxylic acids is 1. The third-order valence-electron chi connectivity index (χ3n) is 5.52. The van der Waals surface area contributed by atoms with Crippen molar-refractivity contribution in [3.05, 3.63) is 108 Å². The summed E-state index contributed by atoms with van der Waals surface area (Å²) in [7, 11) is 0. The third-order valence-corrected chi connectivity index (χ3v) is 5.52. The number of pyridine rings is 1. The molecule has 31 heavy (non-hydrogen) atoms. The van der Waals surface area contributed by atoms with E-state index in [1.54, 1.807) is 24.5 Å². The zero-order chi connectivity index (χ0) is 21.0. The molecular formula is C26H22N4O. The van der Waals surface area contributed by atoms with Crippen molar-refractivity contribution in [1.82, 2.24) is 19.9 Å². The fraction of sp³-hybridized carbons (Fsp3) is 0.115. The predicted octanol–water partition coefficient (Wildman–Crippen LogP) is 4.61. The molecule has 5 rings (SSSR count). The van der Waals surface area contributed by atoms with Crippen LogP contribution in [0.4, 0.5) is 0 Å². The molecule has 0 bridgehead atoms. The molecule has 2 heterocycles. The summed E-state index contributed by atoms with van der Waals surface area (Å²) in [6, 6.07) is 26.5. The van der Waals surface area contributed by atoms with E-state index in [0.29, 0.717) is 18.5 Å².